The highest BCUT2D eigenvalue weighted by molar-refractivity contribution is 5.37. The average molecular weight is 272 g/mol. The lowest BCUT2D eigenvalue weighted by Crippen LogP contribution is -2.11. The predicted molar refractivity (Wildman–Crippen MR) is 75.3 cm³/mol. The van der Waals surface area contributed by atoms with Crippen LogP contribution in [0.15, 0.2) is 42.5 Å². The molecule has 1 N–H and O–H groups in total. The maximum Gasteiger partial charge on any atom is 0.168 e. The molecule has 104 valence electrons. The molecule has 2 atom stereocenters. The number of methoxy groups -OCH3 is 1. The molecule has 20 heavy (non-hydrogen) atoms. The van der Waals surface area contributed by atoms with Crippen LogP contribution in [0.3, 0.4) is 0 Å². The summed E-state index contributed by atoms with van der Waals surface area (Å²) in [5.41, 5.74) is 2.73. The van der Waals surface area contributed by atoms with E-state index in [9.17, 15) is 9.50 Å². The van der Waals surface area contributed by atoms with E-state index in [1.807, 2.05) is 24.3 Å². The van der Waals surface area contributed by atoms with Gasteiger partial charge in [-0.2, -0.15) is 0 Å². The fourth-order valence-corrected chi connectivity index (χ4v) is 2.99. The van der Waals surface area contributed by atoms with E-state index in [0.717, 1.165) is 17.5 Å². The van der Waals surface area contributed by atoms with Crippen molar-refractivity contribution in [2.75, 3.05) is 7.11 Å². The van der Waals surface area contributed by atoms with Crippen molar-refractivity contribution < 1.29 is 14.2 Å². The quantitative estimate of drug-likeness (QED) is 0.929. The van der Waals surface area contributed by atoms with Crippen LogP contribution in [0.5, 0.6) is 5.75 Å². The maximum absolute atomic E-state index is 14.2. The SMILES string of the molecule is COc1cccc(CC2Cc3ccccc3C2O)c1F. The van der Waals surface area contributed by atoms with Gasteiger partial charge in [-0.25, -0.2) is 4.39 Å². The summed E-state index contributed by atoms with van der Waals surface area (Å²) in [6, 6.07) is 13.0. The van der Waals surface area contributed by atoms with Gasteiger partial charge >= 0.3 is 0 Å². The molecule has 1 aliphatic rings. The van der Waals surface area contributed by atoms with E-state index in [-0.39, 0.29) is 17.5 Å². The third-order valence-electron chi connectivity index (χ3n) is 4.05. The predicted octanol–water partition coefficient (Wildman–Crippen LogP) is 3.28. The van der Waals surface area contributed by atoms with Crippen LogP contribution in [0.25, 0.3) is 0 Å². The van der Waals surface area contributed by atoms with E-state index in [0.29, 0.717) is 12.0 Å². The van der Waals surface area contributed by atoms with Crippen LogP contribution in [0.2, 0.25) is 0 Å². The maximum atomic E-state index is 14.2. The van der Waals surface area contributed by atoms with Crippen molar-refractivity contribution in [1.29, 1.82) is 0 Å². The molecule has 0 spiro atoms. The van der Waals surface area contributed by atoms with Crippen molar-refractivity contribution in [1.82, 2.24) is 0 Å². The van der Waals surface area contributed by atoms with Gasteiger partial charge in [0.1, 0.15) is 0 Å². The van der Waals surface area contributed by atoms with Gasteiger partial charge in [-0.05, 0) is 41.5 Å². The first-order chi connectivity index (χ1) is 9.70. The standard InChI is InChI=1S/C17H17FO2/c1-20-15-8-4-6-12(16(15)18)10-13-9-11-5-2-3-7-14(11)17(13)19/h2-8,13,17,19H,9-10H2,1H3. The van der Waals surface area contributed by atoms with Gasteiger partial charge in [0, 0.05) is 0 Å². The van der Waals surface area contributed by atoms with E-state index in [1.165, 1.54) is 7.11 Å². The highest BCUT2D eigenvalue weighted by Crippen LogP contribution is 2.38. The second-order valence-corrected chi connectivity index (χ2v) is 5.25. The molecule has 2 nitrogen and oxygen atoms in total. The molecular formula is C17H17FO2. The zero-order valence-electron chi connectivity index (χ0n) is 11.3. The Kier molecular flexibility index (Phi) is 3.45. The number of fused-ring (bicyclic) bond motifs is 1. The minimum atomic E-state index is -0.517. The molecule has 0 heterocycles. The van der Waals surface area contributed by atoms with Gasteiger partial charge < -0.3 is 9.84 Å². The summed E-state index contributed by atoms with van der Waals surface area (Å²) in [5, 5.41) is 10.4. The van der Waals surface area contributed by atoms with Crippen molar-refractivity contribution in [3.8, 4) is 5.75 Å². The molecule has 0 saturated heterocycles. The van der Waals surface area contributed by atoms with E-state index in [4.69, 9.17) is 4.74 Å². The molecule has 0 fully saturated rings. The number of ether oxygens (including phenoxy) is 1. The molecule has 3 rings (SSSR count). The van der Waals surface area contributed by atoms with Crippen LogP contribution >= 0.6 is 0 Å². The molecule has 2 unspecified atom stereocenters. The van der Waals surface area contributed by atoms with Gasteiger partial charge in [-0.3, -0.25) is 0 Å². The monoisotopic (exact) mass is 272 g/mol. The van der Waals surface area contributed by atoms with Gasteiger partial charge in [0.2, 0.25) is 0 Å². The van der Waals surface area contributed by atoms with E-state index >= 15 is 0 Å². The summed E-state index contributed by atoms with van der Waals surface area (Å²) in [4.78, 5) is 0. The highest BCUT2D eigenvalue weighted by atomic mass is 19.1. The second-order valence-electron chi connectivity index (χ2n) is 5.25. The van der Waals surface area contributed by atoms with Crippen LogP contribution in [0.1, 0.15) is 22.8 Å². The number of halogens is 1. The lowest BCUT2D eigenvalue weighted by atomic mass is 9.94. The Labute approximate surface area is 117 Å². The molecule has 0 aliphatic heterocycles. The lowest BCUT2D eigenvalue weighted by molar-refractivity contribution is 0.122. The first-order valence-electron chi connectivity index (χ1n) is 6.78. The van der Waals surface area contributed by atoms with Gasteiger partial charge in [-0.15, -0.1) is 0 Å². The Balaban J connectivity index is 1.84. The normalized spacial score (nSPS) is 20.8. The summed E-state index contributed by atoms with van der Waals surface area (Å²) in [6.07, 6.45) is 0.782. The molecular weight excluding hydrogens is 255 g/mol. The Morgan fingerprint density at radius 2 is 2.00 bits per heavy atom. The van der Waals surface area contributed by atoms with Gasteiger partial charge in [0.15, 0.2) is 11.6 Å². The Bertz CT molecular complexity index is 624. The average Bonchev–Trinajstić information content (AvgIpc) is 2.78. The zero-order chi connectivity index (χ0) is 14.1. The number of hydrogen-bond donors (Lipinski definition) is 1. The Hall–Kier alpha value is -1.87. The van der Waals surface area contributed by atoms with Crippen molar-refractivity contribution in [2.45, 2.75) is 18.9 Å². The first kappa shape index (κ1) is 13.1. The van der Waals surface area contributed by atoms with Gasteiger partial charge in [-0.1, -0.05) is 36.4 Å². The smallest absolute Gasteiger partial charge is 0.168 e. The van der Waals surface area contributed by atoms with Crippen molar-refractivity contribution in [3.63, 3.8) is 0 Å². The third kappa shape index (κ3) is 2.18. The van der Waals surface area contributed by atoms with Crippen LogP contribution in [0.4, 0.5) is 4.39 Å². The molecule has 2 aromatic rings. The minimum absolute atomic E-state index is 0.0222. The fourth-order valence-electron chi connectivity index (χ4n) is 2.99. The largest absolute Gasteiger partial charge is 0.494 e. The summed E-state index contributed by atoms with van der Waals surface area (Å²) in [5.74, 6) is -0.0420. The number of hydrogen-bond acceptors (Lipinski definition) is 2. The number of benzene rings is 2. The summed E-state index contributed by atoms with van der Waals surface area (Å²) in [7, 11) is 1.46. The Morgan fingerprint density at radius 1 is 1.20 bits per heavy atom. The van der Waals surface area contributed by atoms with E-state index in [1.54, 1.807) is 18.2 Å². The van der Waals surface area contributed by atoms with E-state index in [2.05, 4.69) is 0 Å². The number of aliphatic hydroxyl groups excluding tert-OH is 1. The highest BCUT2D eigenvalue weighted by Gasteiger charge is 2.31. The Morgan fingerprint density at radius 3 is 2.75 bits per heavy atom. The summed E-state index contributed by atoms with van der Waals surface area (Å²) < 4.78 is 19.2. The van der Waals surface area contributed by atoms with Gasteiger partial charge in [0.25, 0.3) is 0 Å². The van der Waals surface area contributed by atoms with Crippen LogP contribution in [-0.2, 0) is 12.8 Å². The van der Waals surface area contributed by atoms with Crippen molar-refractivity contribution in [2.24, 2.45) is 5.92 Å². The topological polar surface area (TPSA) is 29.5 Å². The first-order valence-corrected chi connectivity index (χ1v) is 6.78. The lowest BCUT2D eigenvalue weighted by Gasteiger charge is -2.16. The molecule has 0 amide bonds. The molecule has 2 aromatic carbocycles. The molecule has 0 aromatic heterocycles. The van der Waals surface area contributed by atoms with Crippen LogP contribution in [-0.4, -0.2) is 12.2 Å². The molecule has 0 bridgehead atoms. The summed E-state index contributed by atoms with van der Waals surface area (Å²) >= 11 is 0. The molecule has 0 radical (unpaired) electrons. The van der Waals surface area contributed by atoms with Crippen molar-refractivity contribution >= 4 is 0 Å². The minimum Gasteiger partial charge on any atom is -0.494 e. The summed E-state index contributed by atoms with van der Waals surface area (Å²) in [6.45, 7) is 0. The molecule has 1 aliphatic carbocycles. The number of rotatable bonds is 3. The van der Waals surface area contributed by atoms with Crippen LogP contribution in [0, 0.1) is 11.7 Å². The second kappa shape index (κ2) is 5.25. The van der Waals surface area contributed by atoms with E-state index < -0.39 is 6.10 Å². The van der Waals surface area contributed by atoms with Crippen molar-refractivity contribution in [3.05, 3.63) is 65.0 Å². The fraction of sp³-hybridized carbons (Fsp3) is 0.294. The molecule has 3 heteroatoms. The van der Waals surface area contributed by atoms with Gasteiger partial charge in [0.05, 0.1) is 13.2 Å². The zero-order valence-corrected chi connectivity index (χ0v) is 11.3. The molecule has 0 saturated carbocycles. The number of aliphatic hydroxyl groups is 1. The van der Waals surface area contributed by atoms with Crippen LogP contribution < -0.4 is 4.74 Å². The third-order valence-corrected chi connectivity index (χ3v) is 4.05.